The predicted octanol–water partition coefficient (Wildman–Crippen LogP) is 2.82. The first-order valence-corrected chi connectivity index (χ1v) is 11.6. The normalized spacial score (nSPS) is 20.4. The number of carbonyl (C=O) groups excluding carboxylic acids is 1. The molecule has 0 amide bonds. The number of anilines is 1. The molecule has 31 heavy (non-hydrogen) atoms. The van der Waals surface area contributed by atoms with Gasteiger partial charge in [0.15, 0.2) is 0 Å². The van der Waals surface area contributed by atoms with Gasteiger partial charge in [-0.1, -0.05) is 18.2 Å². The van der Waals surface area contributed by atoms with Gasteiger partial charge >= 0.3 is 5.97 Å². The van der Waals surface area contributed by atoms with E-state index >= 15 is 0 Å². The summed E-state index contributed by atoms with van der Waals surface area (Å²) in [5.74, 6) is -0.915. The van der Waals surface area contributed by atoms with Gasteiger partial charge in [0.1, 0.15) is 5.82 Å². The van der Waals surface area contributed by atoms with Gasteiger partial charge < -0.3 is 14.4 Å². The molecule has 0 aliphatic carbocycles. The first kappa shape index (κ1) is 21.7. The lowest BCUT2D eigenvalue weighted by molar-refractivity contribution is -0.156. The number of sulfonamides is 1. The van der Waals surface area contributed by atoms with Crippen LogP contribution in [-0.2, 0) is 30.9 Å². The Kier molecular flexibility index (Phi) is 6.00. The van der Waals surface area contributed by atoms with Gasteiger partial charge in [-0.15, -0.1) is 0 Å². The van der Waals surface area contributed by atoms with Gasteiger partial charge in [-0.3, -0.25) is 0 Å². The summed E-state index contributed by atoms with van der Waals surface area (Å²) in [6, 6.07) is 11.5. The Morgan fingerprint density at radius 1 is 1.16 bits per heavy atom. The van der Waals surface area contributed by atoms with E-state index in [1.54, 1.807) is 6.92 Å². The van der Waals surface area contributed by atoms with Crippen LogP contribution in [0.15, 0.2) is 47.4 Å². The second-order valence-electron chi connectivity index (χ2n) is 7.77. The molecule has 0 bridgehead atoms. The van der Waals surface area contributed by atoms with Crippen molar-refractivity contribution in [3.8, 4) is 0 Å². The van der Waals surface area contributed by atoms with E-state index in [1.807, 2.05) is 29.2 Å². The fourth-order valence-corrected chi connectivity index (χ4v) is 5.77. The van der Waals surface area contributed by atoms with Crippen LogP contribution in [0.5, 0.6) is 0 Å². The Balaban J connectivity index is 1.55. The van der Waals surface area contributed by atoms with E-state index in [-0.39, 0.29) is 24.0 Å². The third-order valence-electron chi connectivity index (χ3n) is 5.91. The van der Waals surface area contributed by atoms with Crippen molar-refractivity contribution in [1.82, 2.24) is 4.31 Å². The average molecular weight is 449 g/mol. The van der Waals surface area contributed by atoms with E-state index in [1.165, 1.54) is 29.6 Å². The Morgan fingerprint density at radius 2 is 1.87 bits per heavy atom. The zero-order valence-electron chi connectivity index (χ0n) is 17.5. The summed E-state index contributed by atoms with van der Waals surface area (Å²) in [5, 5.41) is 0. The predicted molar refractivity (Wildman–Crippen MR) is 112 cm³/mol. The second kappa shape index (κ2) is 8.57. The highest BCUT2D eigenvalue weighted by atomic mass is 32.2. The molecular formula is C22H25FN2O5S. The number of ether oxygens (including phenoxy) is 2. The number of hydrogen-bond acceptors (Lipinski definition) is 6. The summed E-state index contributed by atoms with van der Waals surface area (Å²) in [4.78, 5) is 14.4. The van der Waals surface area contributed by atoms with E-state index in [2.05, 4.69) is 0 Å². The number of hydrogen-bond donors (Lipinski definition) is 0. The molecule has 1 fully saturated rings. The van der Waals surface area contributed by atoms with Crippen LogP contribution in [0, 0.1) is 12.7 Å². The van der Waals surface area contributed by atoms with Gasteiger partial charge in [-0.2, -0.15) is 4.31 Å². The standard InChI is InChI=1S/C22H25FN2O5S/c1-15-13-18(7-8-19(15)23)31(27,28)24-11-9-17(10-12-24)25-20-6-4-3-5-16(20)14-30-21(25)22(26)29-2/h3-8,13,17,21H,9-12,14H2,1-2H3. The van der Waals surface area contributed by atoms with Crippen LogP contribution in [0.25, 0.3) is 0 Å². The minimum atomic E-state index is -3.73. The van der Waals surface area contributed by atoms with Gasteiger partial charge in [0, 0.05) is 30.4 Å². The van der Waals surface area contributed by atoms with Crippen molar-refractivity contribution < 1.29 is 27.1 Å². The first-order valence-electron chi connectivity index (χ1n) is 10.1. The summed E-state index contributed by atoms with van der Waals surface area (Å²) in [7, 11) is -2.40. The molecule has 2 aliphatic heterocycles. The molecule has 1 saturated heterocycles. The van der Waals surface area contributed by atoms with Crippen LogP contribution in [0.3, 0.4) is 0 Å². The van der Waals surface area contributed by atoms with Crippen LogP contribution in [0.1, 0.15) is 24.0 Å². The Hall–Kier alpha value is -2.49. The number of para-hydroxylation sites is 1. The number of carbonyl (C=O) groups is 1. The van der Waals surface area contributed by atoms with Crippen molar-refractivity contribution in [2.45, 2.75) is 43.5 Å². The lowest BCUT2D eigenvalue weighted by atomic mass is 10.0. The second-order valence-corrected chi connectivity index (χ2v) is 9.71. The quantitative estimate of drug-likeness (QED) is 0.670. The Labute approximate surface area is 181 Å². The molecule has 166 valence electrons. The van der Waals surface area contributed by atoms with Gasteiger partial charge in [-0.05, 0) is 49.6 Å². The number of benzene rings is 2. The highest BCUT2D eigenvalue weighted by Gasteiger charge is 2.40. The number of halogens is 1. The van der Waals surface area contributed by atoms with E-state index in [0.717, 1.165) is 11.3 Å². The summed E-state index contributed by atoms with van der Waals surface area (Å²) in [6.07, 6.45) is 0.169. The topological polar surface area (TPSA) is 76.2 Å². The van der Waals surface area contributed by atoms with Gasteiger partial charge in [0.05, 0.1) is 18.6 Å². The maximum Gasteiger partial charge on any atom is 0.356 e. The lowest BCUT2D eigenvalue weighted by Gasteiger charge is -2.44. The number of piperidine rings is 1. The molecular weight excluding hydrogens is 423 g/mol. The molecule has 7 nitrogen and oxygen atoms in total. The molecule has 1 unspecified atom stereocenters. The Bertz CT molecular complexity index is 1080. The summed E-state index contributed by atoms with van der Waals surface area (Å²) < 4.78 is 51.8. The third kappa shape index (κ3) is 4.05. The molecule has 2 heterocycles. The van der Waals surface area contributed by atoms with Crippen LogP contribution >= 0.6 is 0 Å². The largest absolute Gasteiger partial charge is 0.466 e. The maximum absolute atomic E-state index is 13.6. The van der Waals surface area contributed by atoms with Crippen molar-refractivity contribution >= 4 is 21.7 Å². The van der Waals surface area contributed by atoms with Crippen LogP contribution in [0.4, 0.5) is 10.1 Å². The van der Waals surface area contributed by atoms with E-state index in [0.29, 0.717) is 25.0 Å². The van der Waals surface area contributed by atoms with Crippen molar-refractivity contribution in [3.05, 3.63) is 59.4 Å². The van der Waals surface area contributed by atoms with E-state index < -0.39 is 28.0 Å². The van der Waals surface area contributed by atoms with Gasteiger partial charge in [-0.25, -0.2) is 17.6 Å². The molecule has 2 aromatic carbocycles. The van der Waals surface area contributed by atoms with Gasteiger partial charge in [0.2, 0.25) is 16.3 Å². The summed E-state index contributed by atoms with van der Waals surface area (Å²) >= 11 is 0. The van der Waals surface area contributed by atoms with Crippen LogP contribution < -0.4 is 4.90 Å². The number of aryl methyl sites for hydroxylation is 1. The van der Waals surface area contributed by atoms with E-state index in [4.69, 9.17) is 9.47 Å². The fraction of sp³-hybridized carbons (Fsp3) is 0.409. The monoisotopic (exact) mass is 448 g/mol. The summed E-state index contributed by atoms with van der Waals surface area (Å²) in [5.41, 5.74) is 2.16. The number of nitrogens with zero attached hydrogens (tertiary/aromatic N) is 2. The molecule has 0 spiro atoms. The lowest BCUT2D eigenvalue weighted by Crippen LogP contribution is -2.55. The summed E-state index contributed by atoms with van der Waals surface area (Å²) in [6.45, 7) is 2.43. The molecule has 0 aromatic heterocycles. The van der Waals surface area contributed by atoms with Crippen molar-refractivity contribution in [1.29, 1.82) is 0 Å². The zero-order chi connectivity index (χ0) is 22.2. The number of esters is 1. The SMILES string of the molecule is COC(=O)C1OCc2ccccc2N1C1CCN(S(=O)(=O)c2ccc(F)c(C)c2)CC1. The van der Waals surface area contributed by atoms with Gasteiger partial charge in [0.25, 0.3) is 0 Å². The maximum atomic E-state index is 13.6. The minimum Gasteiger partial charge on any atom is -0.466 e. The zero-order valence-corrected chi connectivity index (χ0v) is 18.3. The highest BCUT2D eigenvalue weighted by Crippen LogP contribution is 2.35. The van der Waals surface area contributed by atoms with Crippen molar-refractivity contribution in [2.24, 2.45) is 0 Å². The third-order valence-corrected chi connectivity index (χ3v) is 7.80. The van der Waals surface area contributed by atoms with Crippen molar-refractivity contribution in [3.63, 3.8) is 0 Å². The number of fused-ring (bicyclic) bond motifs is 1. The van der Waals surface area contributed by atoms with Crippen LogP contribution in [0.2, 0.25) is 0 Å². The van der Waals surface area contributed by atoms with Crippen molar-refractivity contribution in [2.75, 3.05) is 25.1 Å². The smallest absolute Gasteiger partial charge is 0.356 e. The number of rotatable bonds is 4. The minimum absolute atomic E-state index is 0.0870. The molecule has 2 aromatic rings. The fourth-order valence-electron chi connectivity index (χ4n) is 4.22. The average Bonchev–Trinajstić information content (AvgIpc) is 2.79. The van der Waals surface area contributed by atoms with E-state index in [9.17, 15) is 17.6 Å². The molecule has 0 N–H and O–H groups in total. The highest BCUT2D eigenvalue weighted by molar-refractivity contribution is 7.89. The molecule has 9 heteroatoms. The molecule has 0 radical (unpaired) electrons. The first-order chi connectivity index (χ1) is 14.8. The molecule has 2 aliphatic rings. The Morgan fingerprint density at radius 3 is 2.55 bits per heavy atom. The van der Waals surface area contributed by atoms with Crippen LogP contribution in [-0.4, -0.2) is 51.2 Å². The molecule has 1 atom stereocenters. The molecule has 4 rings (SSSR count). The molecule has 0 saturated carbocycles. The number of methoxy groups -OCH3 is 1.